The van der Waals surface area contributed by atoms with Gasteiger partial charge in [0.15, 0.2) is 5.82 Å². The third kappa shape index (κ3) is 5.84. The summed E-state index contributed by atoms with van der Waals surface area (Å²) in [6.45, 7) is 5.32. The first-order chi connectivity index (χ1) is 19.7. The molecule has 206 valence electrons. The molecule has 2 aliphatic rings. The molecule has 3 N–H and O–H groups in total. The number of ether oxygens (including phenoxy) is 1. The smallest absolute Gasteiger partial charge is 0.410 e. The summed E-state index contributed by atoms with van der Waals surface area (Å²) in [5.74, 6) is 1.84. The molecule has 1 saturated heterocycles. The molecule has 2 aliphatic heterocycles. The van der Waals surface area contributed by atoms with Gasteiger partial charge in [0.05, 0.1) is 6.20 Å². The molecule has 4 heterocycles. The number of H-pyrrole nitrogens is 1. The Morgan fingerprint density at radius 1 is 1.07 bits per heavy atom. The molecule has 9 nitrogen and oxygen atoms in total. The number of carbonyl (C=O) groups excluding carboxylic acids is 1. The molecule has 2 aromatic heterocycles. The number of anilines is 2. The van der Waals surface area contributed by atoms with Crippen molar-refractivity contribution in [1.82, 2.24) is 30.4 Å². The Morgan fingerprint density at radius 3 is 2.67 bits per heavy atom. The molecule has 1 atom stereocenters. The lowest BCUT2D eigenvalue weighted by atomic mass is 9.91. The molecular weight excluding hydrogens is 502 g/mol. The van der Waals surface area contributed by atoms with Crippen molar-refractivity contribution < 1.29 is 9.53 Å². The molecule has 1 amide bonds. The number of nitrogens with one attached hydrogen (secondary N) is 3. The second-order valence-electron chi connectivity index (χ2n) is 10.5. The van der Waals surface area contributed by atoms with E-state index in [1.807, 2.05) is 47.5 Å². The van der Waals surface area contributed by atoms with E-state index in [4.69, 9.17) is 9.72 Å². The van der Waals surface area contributed by atoms with Crippen molar-refractivity contribution >= 4 is 17.6 Å². The van der Waals surface area contributed by atoms with Crippen LogP contribution in [0.4, 0.5) is 16.3 Å². The Kier molecular flexibility index (Phi) is 7.72. The minimum atomic E-state index is -0.194. The van der Waals surface area contributed by atoms with E-state index in [9.17, 15) is 4.79 Å². The molecule has 40 heavy (non-hydrogen) atoms. The zero-order valence-electron chi connectivity index (χ0n) is 22.8. The molecule has 4 aromatic rings. The van der Waals surface area contributed by atoms with Crippen molar-refractivity contribution in [2.75, 3.05) is 25.0 Å². The van der Waals surface area contributed by atoms with Gasteiger partial charge in [-0.15, -0.1) is 0 Å². The number of hydrogen-bond donors (Lipinski definition) is 3. The first kappa shape index (κ1) is 26.0. The van der Waals surface area contributed by atoms with Crippen molar-refractivity contribution in [2.45, 2.75) is 45.3 Å². The van der Waals surface area contributed by atoms with Crippen molar-refractivity contribution in [3.05, 3.63) is 78.2 Å². The van der Waals surface area contributed by atoms with Gasteiger partial charge in [0.2, 0.25) is 0 Å². The quantitative estimate of drug-likeness (QED) is 0.284. The van der Waals surface area contributed by atoms with Crippen LogP contribution in [0.2, 0.25) is 0 Å². The molecule has 0 bridgehead atoms. The van der Waals surface area contributed by atoms with E-state index < -0.39 is 0 Å². The van der Waals surface area contributed by atoms with E-state index in [1.165, 1.54) is 5.56 Å². The van der Waals surface area contributed by atoms with Crippen molar-refractivity contribution in [3.8, 4) is 22.5 Å². The van der Waals surface area contributed by atoms with Gasteiger partial charge in [-0.25, -0.2) is 14.8 Å². The first-order valence-corrected chi connectivity index (χ1v) is 14.1. The highest BCUT2D eigenvalue weighted by Crippen LogP contribution is 2.28. The molecule has 0 aliphatic carbocycles. The molecular formula is C31H35N7O2. The molecule has 0 spiro atoms. The van der Waals surface area contributed by atoms with Crippen LogP contribution in [0.25, 0.3) is 22.5 Å². The number of aromatic nitrogens is 4. The molecule has 1 unspecified atom stereocenters. The van der Waals surface area contributed by atoms with Gasteiger partial charge in [-0.3, -0.25) is 5.10 Å². The van der Waals surface area contributed by atoms with Crippen LogP contribution in [0.3, 0.4) is 0 Å². The Morgan fingerprint density at radius 2 is 1.90 bits per heavy atom. The number of benzene rings is 2. The maximum Gasteiger partial charge on any atom is 0.410 e. The van der Waals surface area contributed by atoms with Crippen LogP contribution in [-0.4, -0.2) is 56.9 Å². The van der Waals surface area contributed by atoms with E-state index >= 15 is 0 Å². The van der Waals surface area contributed by atoms with Gasteiger partial charge in [0.1, 0.15) is 11.9 Å². The minimum absolute atomic E-state index is 0.00853. The topological polar surface area (TPSA) is 108 Å². The molecule has 2 aromatic carbocycles. The Labute approximate surface area is 234 Å². The van der Waals surface area contributed by atoms with Crippen LogP contribution >= 0.6 is 0 Å². The minimum Gasteiger partial charge on any atom is -0.446 e. The van der Waals surface area contributed by atoms with Gasteiger partial charge in [-0.05, 0) is 85.6 Å². The lowest BCUT2D eigenvalue weighted by Gasteiger charge is -2.33. The van der Waals surface area contributed by atoms with E-state index in [-0.39, 0.29) is 12.2 Å². The number of nitrogens with zero attached hydrogens (tertiary/aromatic N) is 4. The van der Waals surface area contributed by atoms with E-state index in [0.717, 1.165) is 72.5 Å². The molecule has 9 heteroatoms. The van der Waals surface area contributed by atoms with Gasteiger partial charge < -0.3 is 20.3 Å². The third-order valence-corrected chi connectivity index (χ3v) is 7.94. The number of piperidine rings is 1. The zero-order chi connectivity index (χ0) is 27.3. The highest BCUT2D eigenvalue weighted by Gasteiger charge is 2.29. The van der Waals surface area contributed by atoms with Crippen molar-refractivity contribution in [1.29, 1.82) is 0 Å². The highest BCUT2D eigenvalue weighted by molar-refractivity contribution is 5.69. The van der Waals surface area contributed by atoms with Crippen LogP contribution in [-0.2, 0) is 17.7 Å². The monoisotopic (exact) mass is 537 g/mol. The largest absolute Gasteiger partial charge is 0.446 e. The van der Waals surface area contributed by atoms with E-state index in [1.54, 1.807) is 12.4 Å². The van der Waals surface area contributed by atoms with Crippen LogP contribution in [0.15, 0.2) is 67.1 Å². The fourth-order valence-electron chi connectivity index (χ4n) is 5.65. The Balaban J connectivity index is 1.10. The second-order valence-corrected chi connectivity index (χ2v) is 10.5. The number of hydrogen-bond acceptors (Lipinski definition) is 7. The predicted molar refractivity (Wildman–Crippen MR) is 155 cm³/mol. The fraction of sp³-hybridized carbons (Fsp3) is 0.355. The maximum absolute atomic E-state index is 13.0. The van der Waals surface area contributed by atoms with Gasteiger partial charge in [-0.2, -0.15) is 5.10 Å². The van der Waals surface area contributed by atoms with Gasteiger partial charge >= 0.3 is 6.09 Å². The zero-order valence-corrected chi connectivity index (χ0v) is 22.8. The number of carbonyl (C=O) groups is 1. The number of fused-ring (bicyclic) bond motifs is 1. The SMILES string of the molecule is CCC(OC(=O)N1CCc2cc(-c3nccc(Nc4ccc(-c5cn[nH]c5)cc4)n3)ccc2C1)C1CCNCC1. The van der Waals surface area contributed by atoms with Crippen LogP contribution in [0.1, 0.15) is 37.3 Å². The number of aromatic amines is 1. The third-order valence-electron chi connectivity index (χ3n) is 7.94. The first-order valence-electron chi connectivity index (χ1n) is 14.1. The lowest BCUT2D eigenvalue weighted by molar-refractivity contribution is 0.0219. The summed E-state index contributed by atoms with van der Waals surface area (Å²) in [5, 5.41) is 13.6. The fourth-order valence-corrected chi connectivity index (χ4v) is 5.65. The summed E-state index contributed by atoms with van der Waals surface area (Å²) in [6, 6.07) is 16.3. The van der Waals surface area contributed by atoms with Gasteiger partial charge in [0.25, 0.3) is 0 Å². The standard InChI is InChI=1S/C31H35N7O2/c1-2-28(22-9-13-32-14-10-22)40-31(39)38-16-12-23-17-24(3-4-25(23)20-38)30-33-15-11-29(37-30)36-27-7-5-21(6-8-27)26-18-34-35-19-26/h3-8,11,15,17-19,22,28,32H,2,9-10,12-14,16,20H2,1H3,(H,34,35)(H,33,36,37). The van der Waals surface area contributed by atoms with Crippen molar-refractivity contribution in [3.63, 3.8) is 0 Å². The van der Waals surface area contributed by atoms with Crippen molar-refractivity contribution in [2.24, 2.45) is 5.92 Å². The summed E-state index contributed by atoms with van der Waals surface area (Å²) in [5.41, 5.74) is 6.42. The van der Waals surface area contributed by atoms with E-state index in [0.29, 0.717) is 24.8 Å². The summed E-state index contributed by atoms with van der Waals surface area (Å²) < 4.78 is 6.00. The molecule has 0 saturated carbocycles. The Hall–Kier alpha value is -4.24. The molecule has 6 rings (SSSR count). The van der Waals surface area contributed by atoms with Gasteiger partial charge in [-0.1, -0.05) is 31.2 Å². The summed E-state index contributed by atoms with van der Waals surface area (Å²) >= 11 is 0. The van der Waals surface area contributed by atoms with E-state index in [2.05, 4.69) is 44.9 Å². The highest BCUT2D eigenvalue weighted by atomic mass is 16.6. The number of amides is 1. The summed E-state index contributed by atoms with van der Waals surface area (Å²) in [6.07, 6.45) is 9.01. The van der Waals surface area contributed by atoms with Gasteiger partial charge in [0, 0.05) is 42.3 Å². The normalized spacial score (nSPS) is 16.3. The number of rotatable bonds is 7. The molecule has 1 fully saturated rings. The lowest BCUT2D eigenvalue weighted by Crippen LogP contribution is -2.41. The predicted octanol–water partition coefficient (Wildman–Crippen LogP) is 5.55. The average molecular weight is 538 g/mol. The van der Waals surface area contributed by atoms with Crippen LogP contribution < -0.4 is 10.6 Å². The summed E-state index contributed by atoms with van der Waals surface area (Å²) in [7, 11) is 0. The second kappa shape index (κ2) is 11.9. The van der Waals surface area contributed by atoms with Crippen LogP contribution in [0.5, 0.6) is 0 Å². The summed E-state index contributed by atoms with van der Waals surface area (Å²) in [4.78, 5) is 24.2. The van der Waals surface area contributed by atoms with Crippen LogP contribution in [0, 0.1) is 5.92 Å². The maximum atomic E-state index is 13.0. The average Bonchev–Trinajstić information content (AvgIpc) is 3.55. The Bertz CT molecular complexity index is 1430. The molecule has 0 radical (unpaired) electrons.